The van der Waals surface area contributed by atoms with E-state index in [1.165, 1.54) is 6.07 Å². The maximum atomic E-state index is 13.5. The number of aliphatic carboxylic acids is 1. The van der Waals surface area contributed by atoms with E-state index in [0.717, 1.165) is 24.0 Å². The van der Waals surface area contributed by atoms with Crippen LogP contribution in [0, 0.1) is 5.82 Å². The van der Waals surface area contributed by atoms with Gasteiger partial charge in [-0.3, -0.25) is 4.79 Å². The van der Waals surface area contributed by atoms with E-state index in [2.05, 4.69) is 5.32 Å². The number of rotatable bonds is 5. The van der Waals surface area contributed by atoms with Gasteiger partial charge in [-0.2, -0.15) is 0 Å². The normalized spacial score (nSPS) is 18.1. The molecule has 1 aliphatic carbocycles. The zero-order valence-electron chi connectivity index (χ0n) is 9.58. The first-order chi connectivity index (χ1) is 8.18. The second kappa shape index (κ2) is 5.27. The molecule has 0 bridgehead atoms. The van der Waals surface area contributed by atoms with Crippen molar-refractivity contribution in [2.24, 2.45) is 0 Å². The minimum atomic E-state index is -0.773. The van der Waals surface area contributed by atoms with Crippen LogP contribution in [0.2, 0.25) is 0 Å². The molecule has 1 aromatic carbocycles. The first-order valence-electron chi connectivity index (χ1n) is 5.91. The highest BCUT2D eigenvalue weighted by atomic mass is 19.1. The second-order valence-corrected chi connectivity index (χ2v) is 4.35. The molecule has 0 radical (unpaired) electrons. The van der Waals surface area contributed by atoms with Gasteiger partial charge in [0.25, 0.3) is 0 Å². The van der Waals surface area contributed by atoms with Crippen LogP contribution < -0.4 is 5.32 Å². The Balaban J connectivity index is 1.89. The lowest BCUT2D eigenvalue weighted by molar-refractivity contribution is -0.137. The zero-order valence-corrected chi connectivity index (χ0v) is 9.58. The van der Waals surface area contributed by atoms with E-state index < -0.39 is 5.97 Å². The summed E-state index contributed by atoms with van der Waals surface area (Å²) in [4.78, 5) is 10.4. The van der Waals surface area contributed by atoms with E-state index in [9.17, 15) is 9.18 Å². The molecule has 2 rings (SSSR count). The van der Waals surface area contributed by atoms with Crippen LogP contribution in [0.5, 0.6) is 0 Å². The largest absolute Gasteiger partial charge is 0.481 e. The SMILES string of the molecule is O=C(O)CCCNC1CCc2c(F)cccc21. The molecule has 0 heterocycles. The van der Waals surface area contributed by atoms with E-state index in [0.29, 0.717) is 13.0 Å². The van der Waals surface area contributed by atoms with E-state index in [4.69, 9.17) is 5.11 Å². The Labute approximate surface area is 99.7 Å². The molecule has 1 aliphatic rings. The van der Waals surface area contributed by atoms with Crippen molar-refractivity contribution in [3.8, 4) is 0 Å². The summed E-state index contributed by atoms with van der Waals surface area (Å²) < 4.78 is 13.5. The van der Waals surface area contributed by atoms with Crippen molar-refractivity contribution in [2.75, 3.05) is 6.54 Å². The summed E-state index contributed by atoms with van der Waals surface area (Å²) in [5.41, 5.74) is 1.84. The van der Waals surface area contributed by atoms with Gasteiger partial charge in [0.1, 0.15) is 5.82 Å². The molecule has 0 amide bonds. The standard InChI is InChI=1S/C13H16FNO2/c14-11-4-1-3-10-9(11)6-7-12(10)15-8-2-5-13(16)17/h1,3-4,12,15H,2,5-8H2,(H,16,17). The van der Waals surface area contributed by atoms with E-state index in [1.807, 2.05) is 6.07 Å². The van der Waals surface area contributed by atoms with E-state index in [-0.39, 0.29) is 18.3 Å². The molecule has 0 fully saturated rings. The molecule has 1 aromatic rings. The Morgan fingerprint density at radius 1 is 1.53 bits per heavy atom. The van der Waals surface area contributed by atoms with Crippen molar-refractivity contribution < 1.29 is 14.3 Å². The molecule has 0 saturated carbocycles. The number of hydrogen-bond donors (Lipinski definition) is 2. The number of halogens is 1. The summed E-state index contributed by atoms with van der Waals surface area (Å²) in [5, 5.41) is 11.8. The van der Waals surface area contributed by atoms with Crippen LogP contribution in [0.15, 0.2) is 18.2 Å². The quantitative estimate of drug-likeness (QED) is 0.772. The molecular formula is C13H16FNO2. The summed E-state index contributed by atoms with van der Waals surface area (Å²) in [6.45, 7) is 0.660. The highest BCUT2D eigenvalue weighted by Crippen LogP contribution is 2.32. The van der Waals surface area contributed by atoms with E-state index >= 15 is 0 Å². The Kier molecular flexibility index (Phi) is 3.74. The summed E-state index contributed by atoms with van der Waals surface area (Å²) in [6, 6.07) is 5.34. The highest BCUT2D eigenvalue weighted by molar-refractivity contribution is 5.66. The summed E-state index contributed by atoms with van der Waals surface area (Å²) in [6.07, 6.45) is 2.44. The number of carbonyl (C=O) groups is 1. The van der Waals surface area contributed by atoms with Crippen molar-refractivity contribution in [2.45, 2.75) is 31.7 Å². The van der Waals surface area contributed by atoms with Crippen LogP contribution in [0.25, 0.3) is 0 Å². The zero-order chi connectivity index (χ0) is 12.3. The molecule has 0 aliphatic heterocycles. The Hall–Kier alpha value is -1.42. The minimum absolute atomic E-state index is 0.127. The van der Waals surface area contributed by atoms with Gasteiger partial charge >= 0.3 is 5.97 Å². The van der Waals surface area contributed by atoms with Crippen LogP contribution in [-0.4, -0.2) is 17.6 Å². The molecule has 0 saturated heterocycles. The number of benzene rings is 1. The molecule has 0 spiro atoms. The Morgan fingerprint density at radius 2 is 2.35 bits per heavy atom. The average Bonchev–Trinajstić information content (AvgIpc) is 2.69. The first-order valence-corrected chi connectivity index (χ1v) is 5.91. The number of fused-ring (bicyclic) bond motifs is 1. The summed E-state index contributed by atoms with van der Waals surface area (Å²) in [7, 11) is 0. The highest BCUT2D eigenvalue weighted by Gasteiger charge is 2.23. The topological polar surface area (TPSA) is 49.3 Å². The predicted molar refractivity (Wildman–Crippen MR) is 62.3 cm³/mol. The lowest BCUT2D eigenvalue weighted by Crippen LogP contribution is -2.21. The molecule has 1 unspecified atom stereocenters. The lowest BCUT2D eigenvalue weighted by atomic mass is 10.1. The summed E-state index contributed by atoms with van der Waals surface area (Å²) >= 11 is 0. The smallest absolute Gasteiger partial charge is 0.303 e. The first kappa shape index (κ1) is 12.0. The molecular weight excluding hydrogens is 221 g/mol. The van der Waals surface area contributed by atoms with Crippen LogP contribution in [0.3, 0.4) is 0 Å². The van der Waals surface area contributed by atoms with Gasteiger partial charge in [-0.05, 0) is 43.0 Å². The third kappa shape index (κ3) is 2.82. The average molecular weight is 237 g/mol. The van der Waals surface area contributed by atoms with Crippen molar-refractivity contribution in [3.63, 3.8) is 0 Å². The van der Waals surface area contributed by atoms with Crippen molar-refractivity contribution in [3.05, 3.63) is 35.1 Å². The number of carboxylic acids is 1. The molecule has 1 atom stereocenters. The van der Waals surface area contributed by atoms with Crippen LogP contribution in [-0.2, 0) is 11.2 Å². The second-order valence-electron chi connectivity index (χ2n) is 4.35. The van der Waals surface area contributed by atoms with Crippen molar-refractivity contribution in [1.29, 1.82) is 0 Å². The van der Waals surface area contributed by atoms with Gasteiger partial charge < -0.3 is 10.4 Å². The molecule has 92 valence electrons. The molecule has 4 heteroatoms. The van der Waals surface area contributed by atoms with Crippen LogP contribution >= 0.6 is 0 Å². The number of carboxylic acid groups (broad SMARTS) is 1. The molecule has 2 N–H and O–H groups in total. The fraction of sp³-hybridized carbons (Fsp3) is 0.462. The van der Waals surface area contributed by atoms with Crippen molar-refractivity contribution in [1.82, 2.24) is 5.32 Å². The van der Waals surface area contributed by atoms with Gasteiger partial charge in [0, 0.05) is 12.5 Å². The van der Waals surface area contributed by atoms with Gasteiger partial charge in [-0.15, -0.1) is 0 Å². The third-order valence-electron chi connectivity index (χ3n) is 3.17. The van der Waals surface area contributed by atoms with Crippen LogP contribution in [0.4, 0.5) is 4.39 Å². The molecule has 3 nitrogen and oxygen atoms in total. The maximum Gasteiger partial charge on any atom is 0.303 e. The number of hydrogen-bond acceptors (Lipinski definition) is 2. The fourth-order valence-electron chi connectivity index (χ4n) is 2.34. The minimum Gasteiger partial charge on any atom is -0.481 e. The van der Waals surface area contributed by atoms with E-state index in [1.54, 1.807) is 6.07 Å². The van der Waals surface area contributed by atoms with Gasteiger partial charge in [-0.1, -0.05) is 12.1 Å². The lowest BCUT2D eigenvalue weighted by Gasteiger charge is -2.13. The van der Waals surface area contributed by atoms with Gasteiger partial charge in [0.2, 0.25) is 0 Å². The van der Waals surface area contributed by atoms with Crippen molar-refractivity contribution >= 4 is 5.97 Å². The van der Waals surface area contributed by atoms with Crippen LogP contribution in [0.1, 0.15) is 36.4 Å². The van der Waals surface area contributed by atoms with Gasteiger partial charge in [-0.25, -0.2) is 4.39 Å². The molecule has 0 aromatic heterocycles. The monoisotopic (exact) mass is 237 g/mol. The fourth-order valence-corrected chi connectivity index (χ4v) is 2.34. The Bertz CT molecular complexity index is 420. The van der Waals surface area contributed by atoms with Gasteiger partial charge in [0.05, 0.1) is 0 Å². The third-order valence-corrected chi connectivity index (χ3v) is 3.17. The predicted octanol–water partition coefficient (Wildman–Crippen LogP) is 2.27. The van der Waals surface area contributed by atoms with Gasteiger partial charge in [0.15, 0.2) is 0 Å². The Morgan fingerprint density at radius 3 is 3.12 bits per heavy atom. The maximum absolute atomic E-state index is 13.5. The summed E-state index contributed by atoms with van der Waals surface area (Å²) in [5.74, 6) is -0.901. The molecule has 17 heavy (non-hydrogen) atoms. The number of nitrogens with one attached hydrogen (secondary N) is 1.